The van der Waals surface area contributed by atoms with Gasteiger partial charge in [0.2, 0.25) is 0 Å². The Bertz CT molecular complexity index is 311. The second-order valence-electron chi connectivity index (χ2n) is 2.99. The third-order valence-corrected chi connectivity index (χ3v) is 1.99. The van der Waals surface area contributed by atoms with Crippen molar-refractivity contribution in [3.8, 4) is 0 Å². The van der Waals surface area contributed by atoms with Gasteiger partial charge in [-0.05, 0) is 12.8 Å². The van der Waals surface area contributed by atoms with Gasteiger partial charge in [0, 0.05) is 6.42 Å². The number of hydrogen-bond donors (Lipinski definition) is 2. The highest BCUT2D eigenvalue weighted by Crippen LogP contribution is 2.24. The smallest absolute Gasteiger partial charge is 0.323 e. The molecule has 0 spiro atoms. The topological polar surface area (TPSA) is 75.4 Å². The Balaban J connectivity index is 2.02. The van der Waals surface area contributed by atoms with Crippen LogP contribution < -0.4 is 5.32 Å². The Hall–Kier alpha value is -1.52. The highest BCUT2D eigenvalue weighted by molar-refractivity contribution is 5.71. The van der Waals surface area contributed by atoms with Crippen LogP contribution in [0.25, 0.3) is 0 Å². The third kappa shape index (κ3) is 1.63. The lowest BCUT2D eigenvalue weighted by Gasteiger charge is -1.95. The molecule has 0 aliphatic heterocycles. The van der Waals surface area contributed by atoms with Crippen molar-refractivity contribution in [2.45, 2.75) is 19.3 Å². The van der Waals surface area contributed by atoms with E-state index in [1.54, 1.807) is 0 Å². The summed E-state index contributed by atoms with van der Waals surface area (Å²) in [5.74, 6) is -0.0220. The van der Waals surface area contributed by atoms with E-state index in [1.165, 1.54) is 0 Å². The van der Waals surface area contributed by atoms with Gasteiger partial charge in [-0.2, -0.15) is 4.98 Å². The fourth-order valence-electron chi connectivity index (χ4n) is 1.42. The van der Waals surface area contributed by atoms with Crippen molar-refractivity contribution in [2.24, 2.45) is 0 Å². The molecule has 0 amide bonds. The molecule has 1 aromatic rings. The maximum absolute atomic E-state index is 10.2. The molecule has 2 N–H and O–H groups in total. The van der Waals surface area contributed by atoms with E-state index in [0.29, 0.717) is 6.01 Å². The molecule has 0 fully saturated rings. The molecule has 5 nitrogen and oxygen atoms in total. The van der Waals surface area contributed by atoms with E-state index in [9.17, 15) is 4.79 Å². The quantitative estimate of drug-likeness (QED) is 0.718. The normalized spacial score (nSPS) is 14.2. The van der Waals surface area contributed by atoms with Crippen LogP contribution in [0.1, 0.15) is 17.9 Å². The Morgan fingerprint density at radius 3 is 3.15 bits per heavy atom. The molecule has 0 atom stereocenters. The summed E-state index contributed by atoms with van der Waals surface area (Å²) in [4.78, 5) is 14.3. The van der Waals surface area contributed by atoms with Gasteiger partial charge in [0.05, 0.1) is 5.69 Å². The van der Waals surface area contributed by atoms with Crippen molar-refractivity contribution >= 4 is 12.0 Å². The molecule has 70 valence electrons. The first kappa shape index (κ1) is 8.10. The maximum atomic E-state index is 10.2. The molecule has 1 aliphatic rings. The third-order valence-electron chi connectivity index (χ3n) is 1.99. The second kappa shape index (κ2) is 3.08. The summed E-state index contributed by atoms with van der Waals surface area (Å²) in [5, 5.41) is 11.0. The average molecular weight is 182 g/mol. The molecule has 1 aromatic heterocycles. The average Bonchev–Trinajstić information content (AvgIpc) is 2.58. The van der Waals surface area contributed by atoms with Crippen LogP contribution in [0.15, 0.2) is 4.42 Å². The van der Waals surface area contributed by atoms with E-state index >= 15 is 0 Å². The van der Waals surface area contributed by atoms with Crippen LogP contribution in [0.5, 0.6) is 0 Å². The van der Waals surface area contributed by atoms with Crippen molar-refractivity contribution in [1.82, 2.24) is 4.98 Å². The molecule has 0 saturated carbocycles. The van der Waals surface area contributed by atoms with Crippen molar-refractivity contribution < 1.29 is 14.3 Å². The van der Waals surface area contributed by atoms with Gasteiger partial charge in [-0.3, -0.25) is 4.79 Å². The van der Waals surface area contributed by atoms with Gasteiger partial charge in [-0.25, -0.2) is 0 Å². The van der Waals surface area contributed by atoms with Crippen molar-refractivity contribution in [3.63, 3.8) is 0 Å². The number of rotatable bonds is 3. The number of hydrogen-bond acceptors (Lipinski definition) is 4. The number of fused-ring (bicyclic) bond motifs is 1. The number of aryl methyl sites for hydroxylation is 2. The summed E-state index contributed by atoms with van der Waals surface area (Å²) >= 11 is 0. The van der Waals surface area contributed by atoms with Crippen LogP contribution in [0, 0.1) is 0 Å². The molecule has 0 saturated heterocycles. The lowest BCUT2D eigenvalue weighted by Crippen LogP contribution is -2.12. The second-order valence-corrected chi connectivity index (χ2v) is 2.99. The molecular weight excluding hydrogens is 172 g/mol. The highest BCUT2D eigenvalue weighted by Gasteiger charge is 2.18. The van der Waals surface area contributed by atoms with Gasteiger partial charge in [-0.15, -0.1) is 0 Å². The first-order valence-electron chi connectivity index (χ1n) is 4.20. The highest BCUT2D eigenvalue weighted by atomic mass is 16.4. The van der Waals surface area contributed by atoms with Crippen LogP contribution in [-0.2, 0) is 17.6 Å². The maximum Gasteiger partial charge on any atom is 0.323 e. The SMILES string of the molecule is O=C(O)CNc1nc2c(o1)CCC2. The van der Waals surface area contributed by atoms with Crippen LogP contribution in [0.4, 0.5) is 6.01 Å². The number of aromatic nitrogens is 1. The minimum atomic E-state index is -0.918. The molecule has 5 heteroatoms. The van der Waals surface area contributed by atoms with Crippen LogP contribution in [0.3, 0.4) is 0 Å². The Morgan fingerprint density at radius 2 is 2.46 bits per heavy atom. The standard InChI is InChI=1S/C8H10N2O3/c11-7(12)4-9-8-10-5-2-1-3-6(5)13-8/h1-4H2,(H,9,10)(H,11,12). The van der Waals surface area contributed by atoms with E-state index in [4.69, 9.17) is 9.52 Å². The Labute approximate surface area is 74.8 Å². The number of carboxylic acids is 1. The zero-order valence-electron chi connectivity index (χ0n) is 7.04. The first-order valence-corrected chi connectivity index (χ1v) is 4.20. The Morgan fingerprint density at radius 1 is 1.62 bits per heavy atom. The molecule has 1 aliphatic carbocycles. The lowest BCUT2D eigenvalue weighted by atomic mass is 10.4. The first-order chi connectivity index (χ1) is 6.25. The van der Waals surface area contributed by atoms with Crippen LogP contribution in [0.2, 0.25) is 0 Å². The molecule has 0 unspecified atom stereocenters. The summed E-state index contributed by atoms with van der Waals surface area (Å²) in [6.45, 7) is -0.153. The summed E-state index contributed by atoms with van der Waals surface area (Å²) in [6.07, 6.45) is 2.94. The van der Waals surface area contributed by atoms with E-state index in [2.05, 4.69) is 10.3 Å². The molecule has 0 bridgehead atoms. The summed E-state index contributed by atoms with van der Waals surface area (Å²) in [6, 6.07) is 0.326. The van der Waals surface area contributed by atoms with E-state index in [1.807, 2.05) is 0 Å². The predicted octanol–water partition coefficient (Wildman–Crippen LogP) is 0.660. The fraction of sp³-hybridized carbons (Fsp3) is 0.500. The largest absolute Gasteiger partial charge is 0.480 e. The van der Waals surface area contributed by atoms with E-state index in [0.717, 1.165) is 30.7 Å². The van der Waals surface area contributed by atoms with Gasteiger partial charge >= 0.3 is 5.97 Å². The number of oxazole rings is 1. The number of carbonyl (C=O) groups is 1. The zero-order chi connectivity index (χ0) is 9.26. The van der Waals surface area contributed by atoms with E-state index in [-0.39, 0.29) is 6.54 Å². The molecule has 2 rings (SSSR count). The molecule has 0 aromatic carbocycles. The predicted molar refractivity (Wildman–Crippen MR) is 44.7 cm³/mol. The summed E-state index contributed by atoms with van der Waals surface area (Å²) in [5.41, 5.74) is 0.966. The molecule has 1 heterocycles. The number of nitrogens with zero attached hydrogens (tertiary/aromatic N) is 1. The van der Waals surface area contributed by atoms with Gasteiger partial charge < -0.3 is 14.8 Å². The lowest BCUT2D eigenvalue weighted by molar-refractivity contribution is -0.134. The minimum absolute atomic E-state index is 0.153. The van der Waals surface area contributed by atoms with Crippen molar-refractivity contribution in [2.75, 3.05) is 11.9 Å². The van der Waals surface area contributed by atoms with Gasteiger partial charge in [0.25, 0.3) is 6.01 Å². The molecule has 0 radical (unpaired) electrons. The van der Waals surface area contributed by atoms with Gasteiger partial charge in [-0.1, -0.05) is 0 Å². The molecule has 13 heavy (non-hydrogen) atoms. The molecular formula is C8H10N2O3. The van der Waals surface area contributed by atoms with Gasteiger partial charge in [0.15, 0.2) is 0 Å². The number of aliphatic carboxylic acids is 1. The summed E-state index contributed by atoms with van der Waals surface area (Å²) in [7, 11) is 0. The zero-order valence-corrected chi connectivity index (χ0v) is 7.04. The van der Waals surface area contributed by atoms with Crippen LogP contribution >= 0.6 is 0 Å². The van der Waals surface area contributed by atoms with Crippen molar-refractivity contribution in [3.05, 3.63) is 11.5 Å². The monoisotopic (exact) mass is 182 g/mol. The number of carboxylic acid groups (broad SMARTS) is 1. The number of anilines is 1. The minimum Gasteiger partial charge on any atom is -0.480 e. The Kier molecular flexibility index (Phi) is 1.92. The van der Waals surface area contributed by atoms with Crippen LogP contribution in [-0.4, -0.2) is 22.6 Å². The fourth-order valence-corrected chi connectivity index (χ4v) is 1.42. The number of nitrogens with one attached hydrogen (secondary N) is 1. The summed E-state index contributed by atoms with van der Waals surface area (Å²) < 4.78 is 5.29. The van der Waals surface area contributed by atoms with Crippen molar-refractivity contribution in [1.29, 1.82) is 0 Å². The van der Waals surface area contributed by atoms with Gasteiger partial charge in [0.1, 0.15) is 12.3 Å². The van der Waals surface area contributed by atoms with E-state index < -0.39 is 5.97 Å².